The van der Waals surface area contributed by atoms with E-state index < -0.39 is 5.41 Å². The number of rotatable bonds is 10. The molecule has 0 aliphatic carbocycles. The predicted octanol–water partition coefficient (Wildman–Crippen LogP) is 2.09. The molecule has 12 nitrogen and oxygen atoms in total. The molecular formula is C24H29N9O3. The first-order valence-electron chi connectivity index (χ1n) is 11.5. The van der Waals surface area contributed by atoms with Gasteiger partial charge < -0.3 is 20.3 Å². The maximum Gasteiger partial charge on any atom is 0.261 e. The SMILES string of the molecule is COCCNC(=O)Cn1cc(-c2nc([C@@](C)(c3ccc(-c4cnc(N)nc4)nc3)C(C)C)no2)cn1. The number of methoxy groups -OCH3 is 1. The average Bonchev–Trinajstić information content (AvgIpc) is 3.54. The van der Waals surface area contributed by atoms with E-state index in [2.05, 4.69) is 56.3 Å². The van der Waals surface area contributed by atoms with Gasteiger partial charge in [-0.05, 0) is 24.5 Å². The number of ether oxygens (including phenoxy) is 1. The maximum atomic E-state index is 12.0. The second kappa shape index (κ2) is 10.6. The topological polar surface area (TPSA) is 160 Å². The minimum Gasteiger partial charge on any atom is -0.383 e. The molecule has 0 bridgehead atoms. The Labute approximate surface area is 208 Å². The smallest absolute Gasteiger partial charge is 0.261 e. The van der Waals surface area contributed by atoms with Gasteiger partial charge in [-0.15, -0.1) is 0 Å². The lowest BCUT2D eigenvalue weighted by molar-refractivity contribution is -0.122. The first-order valence-corrected chi connectivity index (χ1v) is 11.5. The van der Waals surface area contributed by atoms with Crippen molar-refractivity contribution < 1.29 is 14.1 Å². The van der Waals surface area contributed by atoms with E-state index in [1.807, 2.05) is 18.3 Å². The molecule has 0 saturated carbocycles. The van der Waals surface area contributed by atoms with Gasteiger partial charge in [-0.3, -0.25) is 14.5 Å². The van der Waals surface area contributed by atoms with Gasteiger partial charge in [0.25, 0.3) is 5.89 Å². The first kappa shape index (κ1) is 24.9. The molecule has 12 heteroatoms. The molecule has 0 radical (unpaired) electrons. The molecule has 0 unspecified atom stereocenters. The molecule has 36 heavy (non-hydrogen) atoms. The number of aromatic nitrogens is 7. The minimum atomic E-state index is -0.567. The molecule has 0 spiro atoms. The van der Waals surface area contributed by atoms with Gasteiger partial charge in [-0.25, -0.2) is 9.97 Å². The van der Waals surface area contributed by atoms with Crippen LogP contribution in [0.3, 0.4) is 0 Å². The Morgan fingerprint density at radius 3 is 2.61 bits per heavy atom. The van der Waals surface area contributed by atoms with E-state index >= 15 is 0 Å². The predicted molar refractivity (Wildman–Crippen MR) is 131 cm³/mol. The zero-order chi connectivity index (χ0) is 25.7. The van der Waals surface area contributed by atoms with Crippen molar-refractivity contribution in [3.8, 4) is 22.7 Å². The number of nitrogens with two attached hydrogens (primary N) is 1. The van der Waals surface area contributed by atoms with Crippen LogP contribution in [0.25, 0.3) is 22.7 Å². The van der Waals surface area contributed by atoms with Gasteiger partial charge in [0.1, 0.15) is 6.54 Å². The van der Waals surface area contributed by atoms with E-state index in [1.165, 1.54) is 4.68 Å². The summed E-state index contributed by atoms with van der Waals surface area (Å²) in [5.74, 6) is 1.04. The first-order chi connectivity index (χ1) is 17.3. The second-order valence-electron chi connectivity index (χ2n) is 8.81. The third-order valence-corrected chi connectivity index (χ3v) is 6.19. The van der Waals surface area contributed by atoms with E-state index in [0.717, 1.165) is 16.8 Å². The van der Waals surface area contributed by atoms with Crippen LogP contribution >= 0.6 is 0 Å². The Balaban J connectivity index is 1.54. The summed E-state index contributed by atoms with van der Waals surface area (Å²) in [6, 6.07) is 3.91. The number of hydrogen-bond donors (Lipinski definition) is 2. The summed E-state index contributed by atoms with van der Waals surface area (Å²) in [6.45, 7) is 7.21. The van der Waals surface area contributed by atoms with Crippen LogP contribution in [0.2, 0.25) is 0 Å². The maximum absolute atomic E-state index is 12.0. The standard InChI is InChI=1S/C24H29N9O3/c1-15(2)24(3,18-5-6-19(27-12-18)16-9-28-23(25)29-10-16)22-31-21(36-32-22)17-11-30-33(13-17)14-20(34)26-7-8-35-4/h5-6,9-13,15H,7-8,14H2,1-4H3,(H,26,34)(H2,25,28,29)/t24-/m1/s1. The summed E-state index contributed by atoms with van der Waals surface area (Å²) < 4.78 is 12.0. The Hall–Kier alpha value is -4.19. The van der Waals surface area contributed by atoms with Crippen LogP contribution in [-0.4, -0.2) is 61.0 Å². The zero-order valence-corrected chi connectivity index (χ0v) is 20.7. The lowest BCUT2D eigenvalue weighted by Crippen LogP contribution is -2.31. The van der Waals surface area contributed by atoms with Crippen molar-refractivity contribution >= 4 is 11.9 Å². The number of carbonyl (C=O) groups excluding carboxylic acids is 1. The highest BCUT2D eigenvalue weighted by molar-refractivity contribution is 5.75. The van der Waals surface area contributed by atoms with Gasteiger partial charge >= 0.3 is 0 Å². The summed E-state index contributed by atoms with van der Waals surface area (Å²) in [5.41, 5.74) is 8.08. The van der Waals surface area contributed by atoms with Gasteiger partial charge in [0.15, 0.2) is 5.82 Å². The van der Waals surface area contributed by atoms with Crippen LogP contribution in [0, 0.1) is 5.92 Å². The second-order valence-corrected chi connectivity index (χ2v) is 8.81. The van der Waals surface area contributed by atoms with Crippen LogP contribution in [0.5, 0.6) is 0 Å². The van der Waals surface area contributed by atoms with Gasteiger partial charge in [0, 0.05) is 44.0 Å². The normalized spacial score (nSPS) is 13.0. The van der Waals surface area contributed by atoms with E-state index in [0.29, 0.717) is 30.4 Å². The molecule has 0 aliphatic heterocycles. The molecule has 4 aromatic rings. The van der Waals surface area contributed by atoms with Crippen molar-refractivity contribution in [3.05, 3.63) is 54.5 Å². The lowest BCUT2D eigenvalue weighted by atomic mass is 9.73. The van der Waals surface area contributed by atoms with Crippen molar-refractivity contribution in [3.63, 3.8) is 0 Å². The number of anilines is 1. The average molecular weight is 492 g/mol. The van der Waals surface area contributed by atoms with Crippen molar-refractivity contribution in [1.82, 2.24) is 40.2 Å². The molecule has 0 aromatic carbocycles. The van der Waals surface area contributed by atoms with Crippen LogP contribution in [0.4, 0.5) is 5.95 Å². The largest absolute Gasteiger partial charge is 0.383 e. The Morgan fingerprint density at radius 2 is 1.94 bits per heavy atom. The third kappa shape index (κ3) is 5.23. The van der Waals surface area contributed by atoms with Crippen LogP contribution < -0.4 is 11.1 Å². The fourth-order valence-corrected chi connectivity index (χ4v) is 3.67. The number of nitrogen functional groups attached to an aromatic ring is 1. The third-order valence-electron chi connectivity index (χ3n) is 6.19. The van der Waals surface area contributed by atoms with E-state index in [4.69, 9.17) is 15.0 Å². The molecule has 3 N–H and O–H groups in total. The fraction of sp³-hybridized carbons (Fsp3) is 0.375. The molecule has 0 aliphatic rings. The van der Waals surface area contributed by atoms with Gasteiger partial charge in [-0.1, -0.05) is 25.1 Å². The quantitative estimate of drug-likeness (QED) is 0.314. The molecule has 0 saturated heterocycles. The Morgan fingerprint density at radius 1 is 1.17 bits per heavy atom. The molecule has 188 valence electrons. The van der Waals surface area contributed by atoms with Gasteiger partial charge in [0.05, 0.1) is 29.5 Å². The van der Waals surface area contributed by atoms with Crippen molar-refractivity contribution in [2.45, 2.75) is 32.7 Å². The highest BCUT2D eigenvalue weighted by atomic mass is 16.5. The molecule has 1 atom stereocenters. The number of amides is 1. The number of hydrogen-bond acceptors (Lipinski definition) is 10. The van der Waals surface area contributed by atoms with Crippen LogP contribution in [-0.2, 0) is 21.5 Å². The number of nitrogens with one attached hydrogen (secondary N) is 1. The Bertz CT molecular complexity index is 1300. The number of nitrogens with zero attached hydrogens (tertiary/aromatic N) is 7. The summed E-state index contributed by atoms with van der Waals surface area (Å²) in [7, 11) is 1.58. The van der Waals surface area contributed by atoms with Crippen molar-refractivity contribution in [1.29, 1.82) is 0 Å². The molecule has 4 heterocycles. The van der Waals surface area contributed by atoms with E-state index in [-0.39, 0.29) is 24.3 Å². The highest BCUT2D eigenvalue weighted by Gasteiger charge is 2.38. The zero-order valence-electron chi connectivity index (χ0n) is 20.7. The lowest BCUT2D eigenvalue weighted by Gasteiger charge is -2.30. The molecule has 1 amide bonds. The monoisotopic (exact) mass is 491 g/mol. The van der Waals surface area contributed by atoms with Crippen molar-refractivity contribution in [2.24, 2.45) is 5.92 Å². The van der Waals surface area contributed by atoms with Crippen molar-refractivity contribution in [2.75, 3.05) is 26.0 Å². The number of carbonyl (C=O) groups is 1. The number of pyridine rings is 1. The van der Waals surface area contributed by atoms with Crippen LogP contribution in [0.15, 0.2) is 47.6 Å². The van der Waals surface area contributed by atoms with Crippen LogP contribution in [0.1, 0.15) is 32.2 Å². The highest BCUT2D eigenvalue weighted by Crippen LogP contribution is 2.38. The van der Waals surface area contributed by atoms with Gasteiger partial charge in [0.2, 0.25) is 11.9 Å². The molecule has 4 rings (SSSR count). The summed E-state index contributed by atoms with van der Waals surface area (Å²) in [4.78, 5) is 29.4. The molecule has 0 fully saturated rings. The summed E-state index contributed by atoms with van der Waals surface area (Å²) in [6.07, 6.45) is 8.38. The van der Waals surface area contributed by atoms with Gasteiger partial charge in [-0.2, -0.15) is 10.1 Å². The summed E-state index contributed by atoms with van der Waals surface area (Å²) >= 11 is 0. The molecular weight excluding hydrogens is 462 g/mol. The molecule has 4 aromatic heterocycles. The Kier molecular flexibility index (Phi) is 7.34. The van der Waals surface area contributed by atoms with E-state index in [1.54, 1.807) is 31.9 Å². The minimum absolute atomic E-state index is 0.0749. The fourth-order valence-electron chi connectivity index (χ4n) is 3.67. The summed E-state index contributed by atoms with van der Waals surface area (Å²) in [5, 5.41) is 11.3. The van der Waals surface area contributed by atoms with E-state index in [9.17, 15) is 4.79 Å².